The average molecular weight is 506 g/mol. The van der Waals surface area contributed by atoms with E-state index in [1.54, 1.807) is 17.8 Å². The second kappa shape index (κ2) is 12.2. The van der Waals surface area contributed by atoms with Crippen LogP contribution in [0, 0.1) is 6.92 Å². The third-order valence-electron chi connectivity index (χ3n) is 6.26. The van der Waals surface area contributed by atoms with Crippen LogP contribution in [0.4, 0.5) is 0 Å². The van der Waals surface area contributed by atoms with Crippen LogP contribution in [0.25, 0.3) is 11.1 Å². The summed E-state index contributed by atoms with van der Waals surface area (Å²) in [6.45, 7) is 2.46. The first-order valence-electron chi connectivity index (χ1n) is 11.9. The zero-order valence-corrected chi connectivity index (χ0v) is 21.5. The normalized spacial score (nSPS) is 18.0. The lowest BCUT2D eigenvalue weighted by atomic mass is 9.93. The molecule has 0 bridgehead atoms. The van der Waals surface area contributed by atoms with Crippen LogP contribution in [0.15, 0.2) is 72.8 Å². The van der Waals surface area contributed by atoms with Crippen LogP contribution in [0.2, 0.25) is 0 Å². The molecule has 4 rings (SSSR count). The highest BCUT2D eigenvalue weighted by Crippen LogP contribution is 2.37. The van der Waals surface area contributed by atoms with E-state index in [-0.39, 0.29) is 12.0 Å². The minimum Gasteiger partial charge on any atom is -0.467 e. The Kier molecular flexibility index (Phi) is 8.80. The van der Waals surface area contributed by atoms with E-state index >= 15 is 0 Å². The molecular weight excluding hydrogens is 474 g/mol. The van der Waals surface area contributed by atoms with E-state index in [1.165, 1.54) is 7.11 Å². The number of carbonyl (C=O) groups is 2. The van der Waals surface area contributed by atoms with Crippen molar-refractivity contribution in [2.45, 2.75) is 31.8 Å². The summed E-state index contributed by atoms with van der Waals surface area (Å²) in [6.07, 6.45) is 1.75. The molecule has 1 aliphatic heterocycles. The van der Waals surface area contributed by atoms with E-state index in [0.29, 0.717) is 18.6 Å². The van der Waals surface area contributed by atoms with Crippen LogP contribution in [0.5, 0.6) is 0 Å². The molecule has 3 aromatic rings. The van der Waals surface area contributed by atoms with Gasteiger partial charge in [0, 0.05) is 11.1 Å². The first kappa shape index (κ1) is 25.9. The molecule has 0 saturated carbocycles. The van der Waals surface area contributed by atoms with Gasteiger partial charge in [0.25, 0.3) is 5.91 Å². The topological polar surface area (TPSA) is 73.9 Å². The quantitative estimate of drug-likeness (QED) is 0.389. The van der Waals surface area contributed by atoms with Crippen LogP contribution >= 0.6 is 11.8 Å². The number of ether oxygens (including phenoxy) is 3. The molecule has 188 valence electrons. The fourth-order valence-corrected chi connectivity index (χ4v) is 4.76. The third kappa shape index (κ3) is 5.98. The molecule has 1 fully saturated rings. The number of aryl methyl sites for hydroxylation is 1. The molecule has 3 aromatic carbocycles. The molecule has 1 amide bonds. The molecular formula is C29H31NO5S. The van der Waals surface area contributed by atoms with Crippen molar-refractivity contribution >= 4 is 23.6 Å². The van der Waals surface area contributed by atoms with Gasteiger partial charge in [-0.2, -0.15) is 11.8 Å². The number of hydrogen-bond donors (Lipinski definition) is 1. The van der Waals surface area contributed by atoms with E-state index in [0.717, 1.165) is 33.6 Å². The van der Waals surface area contributed by atoms with E-state index in [9.17, 15) is 9.59 Å². The lowest BCUT2D eigenvalue weighted by Crippen LogP contribution is -2.42. The Balaban J connectivity index is 1.64. The highest BCUT2D eigenvalue weighted by Gasteiger charge is 2.30. The lowest BCUT2D eigenvalue weighted by molar-refractivity contribution is -0.142. The summed E-state index contributed by atoms with van der Waals surface area (Å²) in [5, 5.41) is 2.88. The maximum atomic E-state index is 13.4. The molecule has 1 aliphatic rings. The summed E-state index contributed by atoms with van der Waals surface area (Å²) >= 11 is 1.61. The van der Waals surface area contributed by atoms with Crippen molar-refractivity contribution in [2.24, 2.45) is 0 Å². The maximum Gasteiger partial charge on any atom is 0.328 e. The van der Waals surface area contributed by atoms with Crippen molar-refractivity contribution < 1.29 is 23.8 Å². The zero-order valence-electron chi connectivity index (χ0n) is 20.7. The Bertz CT molecular complexity index is 1200. The van der Waals surface area contributed by atoms with Crippen LogP contribution in [0.3, 0.4) is 0 Å². The number of nitrogens with one attached hydrogen (secondary N) is 1. The number of amides is 1. The van der Waals surface area contributed by atoms with Gasteiger partial charge in [0.15, 0.2) is 6.29 Å². The predicted octanol–water partition coefficient (Wildman–Crippen LogP) is 5.47. The smallest absolute Gasteiger partial charge is 0.328 e. The number of rotatable bonds is 9. The summed E-state index contributed by atoms with van der Waals surface area (Å²) in [5.41, 5.74) is 5.09. The summed E-state index contributed by atoms with van der Waals surface area (Å²) < 4.78 is 17.1. The standard InChI is InChI=1S/C29H31NO5S/c1-19-9-7-8-12-22(19)24-17-21(29-34-18-26(35-29)20-10-5-4-6-11-20)13-14-23(24)27(31)30-25(15-16-36-3)28(32)33-2/h4-14,17,25-26,29H,15-16,18H2,1-3H3,(H,30,31). The van der Waals surface area contributed by atoms with Crippen molar-refractivity contribution in [1.29, 1.82) is 0 Å². The molecule has 3 unspecified atom stereocenters. The molecule has 36 heavy (non-hydrogen) atoms. The van der Waals surface area contributed by atoms with Crippen molar-refractivity contribution in [3.63, 3.8) is 0 Å². The first-order chi connectivity index (χ1) is 17.5. The van der Waals surface area contributed by atoms with Gasteiger partial charge >= 0.3 is 5.97 Å². The Hall–Kier alpha value is -3.13. The molecule has 0 spiro atoms. The summed E-state index contributed by atoms with van der Waals surface area (Å²) in [7, 11) is 1.33. The first-order valence-corrected chi connectivity index (χ1v) is 13.3. The van der Waals surface area contributed by atoms with Gasteiger partial charge in [-0.05, 0) is 59.7 Å². The molecule has 1 saturated heterocycles. The van der Waals surface area contributed by atoms with E-state index in [1.807, 2.05) is 79.9 Å². The van der Waals surface area contributed by atoms with Crippen LogP contribution in [-0.2, 0) is 19.0 Å². The van der Waals surface area contributed by atoms with Crippen molar-refractivity contribution in [2.75, 3.05) is 25.7 Å². The Labute approximate surface area is 216 Å². The number of esters is 1. The largest absolute Gasteiger partial charge is 0.467 e. The predicted molar refractivity (Wildman–Crippen MR) is 142 cm³/mol. The highest BCUT2D eigenvalue weighted by atomic mass is 32.2. The van der Waals surface area contributed by atoms with Crippen molar-refractivity contribution in [3.05, 3.63) is 95.1 Å². The third-order valence-corrected chi connectivity index (χ3v) is 6.90. The monoisotopic (exact) mass is 505 g/mol. The van der Waals surface area contributed by atoms with Gasteiger partial charge in [0.05, 0.1) is 13.7 Å². The van der Waals surface area contributed by atoms with Gasteiger partial charge in [-0.3, -0.25) is 4.79 Å². The molecule has 1 N–H and O–H groups in total. The minimum atomic E-state index is -0.715. The minimum absolute atomic E-state index is 0.154. The van der Waals surface area contributed by atoms with E-state index in [2.05, 4.69) is 5.32 Å². The number of thioether (sulfide) groups is 1. The Morgan fingerprint density at radius 1 is 1.03 bits per heavy atom. The fourth-order valence-electron chi connectivity index (χ4n) is 4.29. The number of methoxy groups -OCH3 is 1. The van der Waals surface area contributed by atoms with Crippen molar-refractivity contribution in [3.8, 4) is 11.1 Å². The van der Waals surface area contributed by atoms with Gasteiger partial charge in [-0.15, -0.1) is 0 Å². The summed E-state index contributed by atoms with van der Waals surface area (Å²) in [6, 6.07) is 22.8. The van der Waals surface area contributed by atoms with E-state index < -0.39 is 18.3 Å². The van der Waals surface area contributed by atoms with Crippen molar-refractivity contribution in [1.82, 2.24) is 5.32 Å². The fraction of sp³-hybridized carbons (Fsp3) is 0.310. The van der Waals surface area contributed by atoms with Gasteiger partial charge in [0.1, 0.15) is 12.1 Å². The van der Waals surface area contributed by atoms with Crippen LogP contribution < -0.4 is 5.32 Å². The van der Waals surface area contributed by atoms with Gasteiger partial charge in [-0.1, -0.05) is 60.7 Å². The molecule has 0 aliphatic carbocycles. The Morgan fingerprint density at radius 3 is 2.50 bits per heavy atom. The molecule has 6 nitrogen and oxygen atoms in total. The van der Waals surface area contributed by atoms with Gasteiger partial charge in [0.2, 0.25) is 0 Å². The van der Waals surface area contributed by atoms with Gasteiger partial charge in [-0.25, -0.2) is 4.79 Å². The second-order valence-electron chi connectivity index (χ2n) is 8.65. The van der Waals surface area contributed by atoms with E-state index in [4.69, 9.17) is 14.2 Å². The van der Waals surface area contributed by atoms with Crippen LogP contribution in [-0.4, -0.2) is 43.6 Å². The number of benzene rings is 3. The molecule has 0 radical (unpaired) electrons. The lowest BCUT2D eigenvalue weighted by Gasteiger charge is -2.19. The zero-order chi connectivity index (χ0) is 25.5. The second-order valence-corrected chi connectivity index (χ2v) is 9.64. The SMILES string of the molecule is COC(=O)C(CCSC)NC(=O)c1ccc(C2OCC(c3ccccc3)O2)cc1-c1ccccc1C. The average Bonchev–Trinajstić information content (AvgIpc) is 3.41. The number of hydrogen-bond acceptors (Lipinski definition) is 6. The van der Waals surface area contributed by atoms with Gasteiger partial charge < -0.3 is 19.5 Å². The maximum absolute atomic E-state index is 13.4. The molecule has 3 atom stereocenters. The molecule has 1 heterocycles. The summed E-state index contributed by atoms with van der Waals surface area (Å²) in [5.74, 6) is -0.0549. The molecule has 7 heteroatoms. The highest BCUT2D eigenvalue weighted by molar-refractivity contribution is 7.98. The summed E-state index contributed by atoms with van der Waals surface area (Å²) in [4.78, 5) is 25.7. The van der Waals surface area contributed by atoms with Crippen LogP contribution in [0.1, 0.15) is 45.9 Å². The molecule has 0 aromatic heterocycles. The number of carbonyl (C=O) groups excluding carboxylic acids is 2. The Morgan fingerprint density at radius 2 is 1.78 bits per heavy atom.